The SMILES string of the molecule is Cc1ccc(C)c(NC(=O)CSc2nnc(-c3csc4ccccc34)n2C(C)C)c1. The molecule has 5 nitrogen and oxygen atoms in total. The summed E-state index contributed by atoms with van der Waals surface area (Å²) in [6, 6.07) is 14.6. The first-order valence-electron chi connectivity index (χ1n) is 9.85. The van der Waals surface area contributed by atoms with E-state index in [0.717, 1.165) is 33.4 Å². The van der Waals surface area contributed by atoms with Crippen molar-refractivity contribution in [3.8, 4) is 11.4 Å². The normalized spacial score (nSPS) is 11.4. The quantitative estimate of drug-likeness (QED) is 0.372. The maximum absolute atomic E-state index is 12.6. The Balaban J connectivity index is 1.55. The number of hydrogen-bond acceptors (Lipinski definition) is 5. The van der Waals surface area contributed by atoms with E-state index in [1.807, 2.05) is 44.2 Å². The number of amides is 1. The molecule has 0 spiro atoms. The van der Waals surface area contributed by atoms with Crippen LogP contribution in [0.5, 0.6) is 0 Å². The maximum Gasteiger partial charge on any atom is 0.234 e. The first-order chi connectivity index (χ1) is 14.4. The lowest BCUT2D eigenvalue weighted by atomic mass is 10.1. The average molecular weight is 437 g/mol. The molecule has 0 bridgehead atoms. The number of fused-ring (bicyclic) bond motifs is 1. The van der Waals surface area contributed by atoms with Crippen LogP contribution in [0, 0.1) is 13.8 Å². The number of nitrogens with one attached hydrogen (secondary N) is 1. The lowest BCUT2D eigenvalue weighted by molar-refractivity contribution is -0.113. The number of rotatable bonds is 6. The topological polar surface area (TPSA) is 59.8 Å². The lowest BCUT2D eigenvalue weighted by Gasteiger charge is -2.14. The van der Waals surface area contributed by atoms with Gasteiger partial charge in [-0.1, -0.05) is 42.1 Å². The Morgan fingerprint density at radius 3 is 2.77 bits per heavy atom. The predicted molar refractivity (Wildman–Crippen MR) is 126 cm³/mol. The molecule has 0 unspecified atom stereocenters. The number of hydrogen-bond donors (Lipinski definition) is 1. The summed E-state index contributed by atoms with van der Waals surface area (Å²) in [6.45, 7) is 8.24. The van der Waals surface area contributed by atoms with Crippen LogP contribution in [0.2, 0.25) is 0 Å². The van der Waals surface area contributed by atoms with Gasteiger partial charge in [0.15, 0.2) is 11.0 Å². The van der Waals surface area contributed by atoms with Crippen LogP contribution in [0.25, 0.3) is 21.5 Å². The molecule has 0 aliphatic heterocycles. The highest BCUT2D eigenvalue weighted by Crippen LogP contribution is 2.35. The maximum atomic E-state index is 12.6. The Labute approximate surface area is 184 Å². The summed E-state index contributed by atoms with van der Waals surface area (Å²) in [5, 5.41) is 16.0. The van der Waals surface area contributed by atoms with Crippen molar-refractivity contribution in [1.29, 1.82) is 0 Å². The van der Waals surface area contributed by atoms with Gasteiger partial charge in [-0.3, -0.25) is 9.36 Å². The number of carbonyl (C=O) groups excluding carboxylic acids is 1. The molecule has 154 valence electrons. The second-order valence-electron chi connectivity index (χ2n) is 7.57. The summed E-state index contributed by atoms with van der Waals surface area (Å²) in [5.74, 6) is 1.08. The van der Waals surface area contributed by atoms with Crippen molar-refractivity contribution in [2.45, 2.75) is 38.9 Å². The van der Waals surface area contributed by atoms with Crippen LogP contribution in [0.1, 0.15) is 31.0 Å². The van der Waals surface area contributed by atoms with E-state index in [-0.39, 0.29) is 17.7 Å². The molecule has 0 aliphatic carbocycles. The van der Waals surface area contributed by atoms with Crippen molar-refractivity contribution in [1.82, 2.24) is 14.8 Å². The lowest BCUT2D eigenvalue weighted by Crippen LogP contribution is -2.15. The zero-order valence-electron chi connectivity index (χ0n) is 17.5. The number of anilines is 1. The third-order valence-electron chi connectivity index (χ3n) is 4.90. The number of benzene rings is 2. The third-order valence-corrected chi connectivity index (χ3v) is 6.81. The van der Waals surface area contributed by atoms with Crippen LogP contribution in [-0.4, -0.2) is 26.4 Å². The molecule has 4 aromatic rings. The van der Waals surface area contributed by atoms with Crippen LogP contribution < -0.4 is 5.32 Å². The van der Waals surface area contributed by atoms with Crippen molar-refractivity contribution in [3.05, 3.63) is 59.0 Å². The molecule has 0 fully saturated rings. The minimum atomic E-state index is -0.0467. The monoisotopic (exact) mass is 436 g/mol. The number of carbonyl (C=O) groups is 1. The highest BCUT2D eigenvalue weighted by molar-refractivity contribution is 7.99. The molecule has 0 radical (unpaired) electrons. The highest BCUT2D eigenvalue weighted by Gasteiger charge is 2.20. The molecule has 0 atom stereocenters. The van der Waals surface area contributed by atoms with E-state index in [1.165, 1.54) is 21.8 Å². The van der Waals surface area contributed by atoms with Gasteiger partial charge in [0.1, 0.15) is 0 Å². The Morgan fingerprint density at radius 1 is 1.17 bits per heavy atom. The highest BCUT2D eigenvalue weighted by atomic mass is 32.2. The van der Waals surface area contributed by atoms with Gasteiger partial charge >= 0.3 is 0 Å². The van der Waals surface area contributed by atoms with Crippen LogP contribution in [0.4, 0.5) is 5.69 Å². The molecule has 0 aliphatic rings. The molecule has 2 aromatic heterocycles. The summed E-state index contributed by atoms with van der Waals surface area (Å²) in [6.07, 6.45) is 0. The summed E-state index contributed by atoms with van der Waals surface area (Å²) in [5.41, 5.74) is 4.12. The zero-order chi connectivity index (χ0) is 21.3. The van der Waals surface area contributed by atoms with E-state index in [0.29, 0.717) is 0 Å². The summed E-state index contributed by atoms with van der Waals surface area (Å²) >= 11 is 3.13. The standard InChI is InChI=1S/C23H24N4OS2/c1-14(2)27-22(18-12-29-20-8-6-5-7-17(18)20)25-26-23(27)30-13-21(28)24-19-11-15(3)9-10-16(19)4/h5-12,14H,13H2,1-4H3,(H,24,28). The van der Waals surface area contributed by atoms with Crippen molar-refractivity contribution < 1.29 is 4.79 Å². The molecule has 4 rings (SSSR count). The van der Waals surface area contributed by atoms with Crippen LogP contribution in [0.3, 0.4) is 0 Å². The van der Waals surface area contributed by atoms with Gasteiger partial charge in [-0.25, -0.2) is 0 Å². The van der Waals surface area contributed by atoms with Crippen LogP contribution in [-0.2, 0) is 4.79 Å². The van der Waals surface area contributed by atoms with Gasteiger partial charge in [-0.15, -0.1) is 21.5 Å². The van der Waals surface area contributed by atoms with Gasteiger partial charge in [0.25, 0.3) is 0 Å². The molecule has 2 aromatic carbocycles. The van der Waals surface area contributed by atoms with Gasteiger partial charge in [-0.2, -0.15) is 0 Å². The van der Waals surface area contributed by atoms with E-state index in [4.69, 9.17) is 0 Å². The third kappa shape index (κ3) is 4.13. The Kier molecular flexibility index (Phi) is 5.92. The van der Waals surface area contributed by atoms with Crippen LogP contribution >= 0.6 is 23.1 Å². The number of thiophene rings is 1. The minimum Gasteiger partial charge on any atom is -0.325 e. The van der Waals surface area contributed by atoms with E-state index in [2.05, 4.69) is 51.4 Å². The first kappa shape index (κ1) is 20.6. The van der Waals surface area contributed by atoms with Gasteiger partial charge in [0.05, 0.1) is 5.75 Å². The molecule has 1 amide bonds. The largest absolute Gasteiger partial charge is 0.325 e. The number of nitrogens with zero attached hydrogens (tertiary/aromatic N) is 3. The molecule has 7 heteroatoms. The number of aryl methyl sites for hydroxylation is 2. The Morgan fingerprint density at radius 2 is 1.97 bits per heavy atom. The van der Waals surface area contributed by atoms with Gasteiger partial charge < -0.3 is 5.32 Å². The fourth-order valence-corrected chi connectivity index (χ4v) is 5.17. The van der Waals surface area contributed by atoms with Crippen molar-refractivity contribution in [2.24, 2.45) is 0 Å². The van der Waals surface area contributed by atoms with E-state index in [1.54, 1.807) is 11.3 Å². The average Bonchev–Trinajstić information content (AvgIpc) is 3.33. The molecule has 0 saturated carbocycles. The molecule has 30 heavy (non-hydrogen) atoms. The summed E-state index contributed by atoms with van der Waals surface area (Å²) < 4.78 is 3.34. The number of thioether (sulfide) groups is 1. The van der Waals surface area contributed by atoms with E-state index in [9.17, 15) is 4.79 Å². The molecular formula is C23H24N4OS2. The van der Waals surface area contributed by atoms with Crippen LogP contribution in [0.15, 0.2) is 53.0 Å². The van der Waals surface area contributed by atoms with Crippen molar-refractivity contribution in [2.75, 3.05) is 11.1 Å². The molecule has 2 heterocycles. The second kappa shape index (κ2) is 8.62. The predicted octanol–water partition coefficient (Wildman–Crippen LogP) is 6.09. The van der Waals surface area contributed by atoms with E-state index >= 15 is 0 Å². The fraction of sp³-hybridized carbons (Fsp3) is 0.261. The second-order valence-corrected chi connectivity index (χ2v) is 9.42. The van der Waals surface area contributed by atoms with Gasteiger partial charge in [-0.05, 0) is 51.0 Å². The number of aromatic nitrogens is 3. The van der Waals surface area contributed by atoms with Crippen molar-refractivity contribution in [3.63, 3.8) is 0 Å². The molecule has 1 N–H and O–H groups in total. The zero-order valence-corrected chi connectivity index (χ0v) is 19.1. The summed E-state index contributed by atoms with van der Waals surface area (Å²) in [7, 11) is 0. The fourth-order valence-electron chi connectivity index (χ4n) is 3.36. The van der Waals surface area contributed by atoms with Gasteiger partial charge in [0.2, 0.25) is 5.91 Å². The Hall–Kier alpha value is -2.64. The summed E-state index contributed by atoms with van der Waals surface area (Å²) in [4.78, 5) is 12.6. The van der Waals surface area contributed by atoms with E-state index < -0.39 is 0 Å². The molecule has 0 saturated heterocycles. The first-order valence-corrected chi connectivity index (χ1v) is 11.7. The van der Waals surface area contributed by atoms with Gasteiger partial charge in [0, 0.05) is 32.8 Å². The molecular weight excluding hydrogens is 412 g/mol. The van der Waals surface area contributed by atoms with Crippen molar-refractivity contribution >= 4 is 44.8 Å². The minimum absolute atomic E-state index is 0.0467. The smallest absolute Gasteiger partial charge is 0.234 e. The Bertz CT molecular complexity index is 1210.